The predicted octanol–water partition coefficient (Wildman–Crippen LogP) is 2.77. The first-order valence-corrected chi connectivity index (χ1v) is 10.7. The zero-order chi connectivity index (χ0) is 22.0. The number of hydrogen-bond donors (Lipinski definition) is 2. The maximum absolute atomic E-state index is 12.9. The van der Waals surface area contributed by atoms with Gasteiger partial charge in [-0.05, 0) is 48.0 Å². The van der Waals surface area contributed by atoms with E-state index in [1.807, 2.05) is 30.3 Å². The van der Waals surface area contributed by atoms with Gasteiger partial charge in [0.15, 0.2) is 6.10 Å². The van der Waals surface area contributed by atoms with Gasteiger partial charge in [-0.15, -0.1) is 0 Å². The molecular formula is C23H22BrN3O4. The molecular weight excluding hydrogens is 462 g/mol. The van der Waals surface area contributed by atoms with Crippen molar-refractivity contribution < 1.29 is 19.4 Å². The highest BCUT2D eigenvalue weighted by atomic mass is 79.9. The number of fused-ring (bicyclic) bond motifs is 1. The maximum Gasteiger partial charge on any atom is 0.261 e. The van der Waals surface area contributed by atoms with E-state index >= 15 is 0 Å². The molecule has 1 unspecified atom stereocenters. The molecule has 1 aromatic heterocycles. The van der Waals surface area contributed by atoms with E-state index < -0.39 is 11.6 Å². The molecule has 4 rings (SSSR count). The molecule has 0 saturated carbocycles. The standard InChI is InChI=1S/C23H22BrN3O4/c1-15(31-20-4-2-3-9-25-20)21(29)26-23(14-28)12-27(13-23)22(30)18-6-5-17-11-19(24)8-7-16(17)10-18/h2-11,15,28H,12-14H2,1H3,(H,26,29). The monoisotopic (exact) mass is 483 g/mol. The summed E-state index contributed by atoms with van der Waals surface area (Å²) in [6.45, 7) is 1.79. The lowest BCUT2D eigenvalue weighted by Gasteiger charge is -2.49. The molecule has 2 aromatic carbocycles. The Morgan fingerprint density at radius 1 is 1.19 bits per heavy atom. The van der Waals surface area contributed by atoms with Crippen molar-refractivity contribution in [2.75, 3.05) is 19.7 Å². The number of rotatable bonds is 6. The van der Waals surface area contributed by atoms with Crippen molar-refractivity contribution in [1.82, 2.24) is 15.2 Å². The number of halogens is 1. The van der Waals surface area contributed by atoms with Gasteiger partial charge in [0, 0.05) is 35.4 Å². The summed E-state index contributed by atoms with van der Waals surface area (Å²) < 4.78 is 6.52. The molecule has 2 N–H and O–H groups in total. The number of ether oxygens (including phenoxy) is 1. The number of carbonyl (C=O) groups is 2. The van der Waals surface area contributed by atoms with Crippen molar-refractivity contribution in [3.63, 3.8) is 0 Å². The normalized spacial score (nSPS) is 15.8. The molecule has 160 valence electrons. The number of pyridine rings is 1. The van der Waals surface area contributed by atoms with Gasteiger partial charge in [-0.2, -0.15) is 0 Å². The first kappa shape index (κ1) is 21.3. The Balaban J connectivity index is 1.38. The molecule has 2 amide bonds. The molecule has 1 fully saturated rings. The zero-order valence-corrected chi connectivity index (χ0v) is 18.5. The van der Waals surface area contributed by atoms with Crippen molar-refractivity contribution in [2.45, 2.75) is 18.6 Å². The molecule has 7 nitrogen and oxygen atoms in total. The molecule has 1 aliphatic rings. The van der Waals surface area contributed by atoms with Crippen molar-refractivity contribution >= 4 is 38.5 Å². The summed E-state index contributed by atoms with van der Waals surface area (Å²) in [6, 6.07) is 16.6. The first-order chi connectivity index (χ1) is 14.9. The molecule has 1 aliphatic heterocycles. The van der Waals surface area contributed by atoms with Gasteiger partial charge in [0.2, 0.25) is 5.88 Å². The Labute approximate surface area is 188 Å². The highest BCUT2D eigenvalue weighted by Crippen LogP contribution is 2.26. The van der Waals surface area contributed by atoms with E-state index in [4.69, 9.17) is 4.74 Å². The minimum absolute atomic E-state index is 0.138. The van der Waals surface area contributed by atoms with Gasteiger partial charge >= 0.3 is 0 Å². The smallest absolute Gasteiger partial charge is 0.261 e. The van der Waals surface area contributed by atoms with Gasteiger partial charge in [0.25, 0.3) is 11.8 Å². The van der Waals surface area contributed by atoms with E-state index in [0.717, 1.165) is 15.2 Å². The Morgan fingerprint density at radius 3 is 2.65 bits per heavy atom. The van der Waals surface area contributed by atoms with Crippen molar-refractivity contribution in [3.05, 3.63) is 70.8 Å². The molecule has 0 radical (unpaired) electrons. The van der Waals surface area contributed by atoms with Crippen LogP contribution in [0.3, 0.4) is 0 Å². The van der Waals surface area contributed by atoms with Crippen LogP contribution < -0.4 is 10.1 Å². The van der Waals surface area contributed by atoms with E-state index in [0.29, 0.717) is 11.4 Å². The number of nitrogens with zero attached hydrogens (tertiary/aromatic N) is 2. The Bertz CT molecular complexity index is 1120. The van der Waals surface area contributed by atoms with Crippen LogP contribution in [-0.2, 0) is 4.79 Å². The predicted molar refractivity (Wildman–Crippen MR) is 120 cm³/mol. The van der Waals surface area contributed by atoms with Crippen molar-refractivity contribution in [3.8, 4) is 5.88 Å². The van der Waals surface area contributed by atoms with Crippen LogP contribution >= 0.6 is 15.9 Å². The lowest BCUT2D eigenvalue weighted by Crippen LogP contribution is -2.74. The summed E-state index contributed by atoms with van der Waals surface area (Å²) in [5.74, 6) is -0.166. The number of amides is 2. The minimum atomic E-state index is -0.879. The molecule has 31 heavy (non-hydrogen) atoms. The number of carbonyl (C=O) groups excluding carboxylic acids is 2. The number of aromatic nitrogens is 1. The Kier molecular flexibility index (Phi) is 5.93. The lowest BCUT2D eigenvalue weighted by atomic mass is 9.89. The van der Waals surface area contributed by atoms with Crippen LogP contribution in [0.4, 0.5) is 0 Å². The lowest BCUT2D eigenvalue weighted by molar-refractivity contribution is -0.132. The molecule has 0 bridgehead atoms. The average molecular weight is 484 g/mol. The fraction of sp³-hybridized carbons (Fsp3) is 0.261. The largest absolute Gasteiger partial charge is 0.465 e. The first-order valence-electron chi connectivity index (χ1n) is 9.88. The summed E-state index contributed by atoms with van der Waals surface area (Å²) in [6.07, 6.45) is 0.791. The van der Waals surface area contributed by atoms with Gasteiger partial charge < -0.3 is 20.1 Å². The summed E-state index contributed by atoms with van der Waals surface area (Å²) in [7, 11) is 0. The van der Waals surface area contributed by atoms with E-state index in [1.54, 1.807) is 42.3 Å². The summed E-state index contributed by atoms with van der Waals surface area (Å²) in [4.78, 5) is 31.1. The SMILES string of the molecule is CC(Oc1ccccn1)C(=O)NC1(CO)CN(C(=O)c2ccc3cc(Br)ccc3c2)C1. The zero-order valence-electron chi connectivity index (χ0n) is 16.9. The van der Waals surface area contributed by atoms with Crippen LogP contribution in [0.15, 0.2) is 65.3 Å². The van der Waals surface area contributed by atoms with E-state index in [1.165, 1.54) is 0 Å². The van der Waals surface area contributed by atoms with Crippen molar-refractivity contribution in [2.24, 2.45) is 0 Å². The number of hydrogen-bond acceptors (Lipinski definition) is 5. The second kappa shape index (κ2) is 8.64. The molecule has 2 heterocycles. The summed E-state index contributed by atoms with van der Waals surface area (Å²) >= 11 is 3.45. The molecule has 8 heteroatoms. The number of aliphatic hydroxyl groups excluding tert-OH is 1. The fourth-order valence-electron chi connectivity index (χ4n) is 3.59. The van der Waals surface area contributed by atoms with E-state index in [2.05, 4.69) is 26.2 Å². The Hall–Kier alpha value is -2.97. The fourth-order valence-corrected chi connectivity index (χ4v) is 3.97. The van der Waals surface area contributed by atoms with E-state index in [9.17, 15) is 14.7 Å². The second-order valence-electron chi connectivity index (χ2n) is 7.72. The van der Waals surface area contributed by atoms with Crippen LogP contribution in [0.1, 0.15) is 17.3 Å². The Morgan fingerprint density at radius 2 is 1.94 bits per heavy atom. The molecule has 0 spiro atoms. The van der Waals surface area contributed by atoms with Crippen molar-refractivity contribution in [1.29, 1.82) is 0 Å². The minimum Gasteiger partial charge on any atom is -0.465 e. The van der Waals surface area contributed by atoms with Gasteiger partial charge in [0.05, 0.1) is 12.1 Å². The number of benzene rings is 2. The van der Waals surface area contributed by atoms with Crippen LogP contribution in [0, 0.1) is 0 Å². The molecule has 1 saturated heterocycles. The number of aliphatic hydroxyl groups is 1. The quantitative estimate of drug-likeness (QED) is 0.562. The van der Waals surface area contributed by atoms with Crippen LogP contribution in [0.2, 0.25) is 0 Å². The summed E-state index contributed by atoms with van der Waals surface area (Å²) in [5, 5.41) is 14.7. The van der Waals surface area contributed by atoms with Crippen LogP contribution in [0.25, 0.3) is 10.8 Å². The van der Waals surface area contributed by atoms with E-state index in [-0.39, 0.29) is 31.5 Å². The van der Waals surface area contributed by atoms with Gasteiger partial charge in [-0.1, -0.05) is 34.1 Å². The second-order valence-corrected chi connectivity index (χ2v) is 8.64. The van der Waals surface area contributed by atoms with Crippen LogP contribution in [-0.4, -0.2) is 58.1 Å². The third-order valence-electron chi connectivity index (χ3n) is 5.32. The highest BCUT2D eigenvalue weighted by Gasteiger charge is 2.46. The maximum atomic E-state index is 12.9. The third-order valence-corrected chi connectivity index (χ3v) is 5.81. The van der Waals surface area contributed by atoms with Crippen LogP contribution in [0.5, 0.6) is 5.88 Å². The number of nitrogens with one attached hydrogen (secondary N) is 1. The van der Waals surface area contributed by atoms with Gasteiger partial charge in [-0.25, -0.2) is 4.98 Å². The highest BCUT2D eigenvalue weighted by molar-refractivity contribution is 9.10. The number of likely N-dealkylation sites (tertiary alicyclic amines) is 1. The topological polar surface area (TPSA) is 91.8 Å². The molecule has 3 aromatic rings. The van der Waals surface area contributed by atoms with Gasteiger partial charge in [0.1, 0.15) is 0 Å². The molecule has 0 aliphatic carbocycles. The average Bonchev–Trinajstić information content (AvgIpc) is 2.75. The third kappa shape index (κ3) is 4.55. The molecule has 1 atom stereocenters. The van der Waals surface area contributed by atoms with Gasteiger partial charge in [-0.3, -0.25) is 9.59 Å². The summed E-state index contributed by atoms with van der Waals surface area (Å²) in [5.41, 5.74) is -0.310.